The first-order chi connectivity index (χ1) is 18.3. The molecule has 4 aliphatic carbocycles. The predicted octanol–water partition coefficient (Wildman–Crippen LogP) is 7.71. The highest BCUT2D eigenvalue weighted by atomic mass is 19.4. The van der Waals surface area contributed by atoms with Crippen LogP contribution in [0.1, 0.15) is 0 Å². The monoisotopic (exact) mass is 706 g/mol. The van der Waals surface area contributed by atoms with Gasteiger partial charge in [-0.25, -0.2) is 22.0 Å². The topological polar surface area (TPSA) is 18.5 Å². The highest BCUT2D eigenvalue weighted by Gasteiger charge is 3.24. The fraction of sp³-hybridized carbons (Fsp3) is 1.00. The van der Waals surface area contributed by atoms with Crippen LogP contribution in [0.4, 0.5) is 114 Å². The van der Waals surface area contributed by atoms with Crippen molar-refractivity contribution in [1.82, 2.24) is 0 Å². The lowest BCUT2D eigenvalue weighted by molar-refractivity contribution is -0.636. The third-order valence-corrected chi connectivity index (χ3v) is 7.12. The number of alkyl halides is 25. The van der Waals surface area contributed by atoms with Crippen molar-refractivity contribution in [1.29, 1.82) is 0 Å². The Balaban J connectivity index is 2.53. The second-order valence-electron chi connectivity index (χ2n) is 9.04. The van der Waals surface area contributed by atoms with E-state index in [0.717, 1.165) is 4.94 Å². The van der Waals surface area contributed by atoms with Crippen molar-refractivity contribution in [3.8, 4) is 0 Å². The van der Waals surface area contributed by atoms with Crippen LogP contribution in [0.5, 0.6) is 0 Å². The Morgan fingerprint density at radius 2 is 0.628 bits per heavy atom. The molecule has 28 heteroatoms. The van der Waals surface area contributed by atoms with Gasteiger partial charge in [-0.15, -0.1) is 4.94 Å². The quantitative estimate of drug-likeness (QED) is 0.264. The Hall–Kier alpha value is -1.90. The van der Waals surface area contributed by atoms with Crippen LogP contribution in [-0.2, 0) is 9.68 Å². The van der Waals surface area contributed by atoms with Gasteiger partial charge >= 0.3 is 88.1 Å². The maximum Gasteiger partial charge on any atom is 0.460 e. The molecule has 0 aromatic heterocycles. The lowest BCUT2D eigenvalue weighted by Crippen LogP contribution is -3.09. The van der Waals surface area contributed by atoms with E-state index in [2.05, 4.69) is 0 Å². The molecule has 0 saturated heterocycles. The van der Waals surface area contributed by atoms with Crippen molar-refractivity contribution in [2.75, 3.05) is 0 Å². The average molecular weight is 706 g/mol. The summed E-state index contributed by atoms with van der Waals surface area (Å²) >= 11 is 0. The number of hydrogen-bond donors (Lipinski definition) is 0. The van der Waals surface area contributed by atoms with Gasteiger partial charge < -0.3 is 0 Å². The zero-order chi connectivity index (χ0) is 34.9. The molecule has 2 nitrogen and oxygen atoms in total. The molecule has 4 rings (SSSR count). The van der Waals surface area contributed by atoms with Gasteiger partial charge in [0.15, 0.2) is 0 Å². The third-order valence-electron chi connectivity index (χ3n) is 7.12. The Kier molecular flexibility index (Phi) is 6.25. The van der Waals surface area contributed by atoms with E-state index in [-0.39, 0.29) is 0 Å². The second kappa shape index (κ2) is 7.55. The minimum absolute atomic E-state index is 0.733. The molecule has 4 bridgehead atoms. The van der Waals surface area contributed by atoms with Crippen LogP contribution < -0.4 is 0 Å². The highest BCUT2D eigenvalue weighted by Crippen LogP contribution is 2.89. The predicted molar refractivity (Wildman–Crippen MR) is 71.9 cm³/mol. The maximum absolute atomic E-state index is 15.4. The summed E-state index contributed by atoms with van der Waals surface area (Å²) in [5.41, 5.74) is -35.2. The van der Waals surface area contributed by atoms with Crippen LogP contribution in [0.2, 0.25) is 0 Å². The molecule has 0 radical (unpaired) electrons. The van der Waals surface area contributed by atoms with E-state index in [9.17, 15) is 101 Å². The summed E-state index contributed by atoms with van der Waals surface area (Å²) in [5.74, 6) is -79.5. The van der Waals surface area contributed by atoms with Crippen molar-refractivity contribution in [3.05, 3.63) is 0 Å². The molecule has 1 atom stereocenters. The van der Waals surface area contributed by atoms with E-state index < -0.39 is 88.1 Å². The highest BCUT2D eigenvalue weighted by molar-refractivity contribution is 5.54. The average Bonchev–Trinajstić information content (AvgIpc) is 2.81. The van der Waals surface area contributed by atoms with Gasteiger partial charge in [0.05, 0.1) is 0 Å². The molecule has 4 aliphatic rings. The van der Waals surface area contributed by atoms with Gasteiger partial charge in [-0.3, -0.25) is 4.74 Å². The van der Waals surface area contributed by atoms with Gasteiger partial charge in [0.25, 0.3) is 0 Å². The summed E-state index contributed by atoms with van der Waals surface area (Å²) < 4.78 is 365. The van der Waals surface area contributed by atoms with Crippen molar-refractivity contribution in [2.45, 2.75) is 88.1 Å². The Labute approximate surface area is 213 Å². The van der Waals surface area contributed by atoms with Crippen molar-refractivity contribution in [2.24, 2.45) is 0 Å². The van der Waals surface area contributed by atoms with E-state index in [1.54, 1.807) is 0 Å². The minimum atomic E-state index is -9.15. The van der Waals surface area contributed by atoms with E-state index in [0.29, 0.717) is 0 Å². The SMILES string of the molecule is FOC(F)(C(F)(F)OC1(F)C2(F)C(F)(F)C3(F)C(F)(F)C(F)(C2(F)F)C(F)(F)C1(F)C3(F)F)C(F)(F)C(F)(F)C(F)(F)F. The summed E-state index contributed by atoms with van der Waals surface area (Å²) in [6, 6.07) is 0. The third kappa shape index (κ3) is 2.55. The Morgan fingerprint density at radius 1 is 0.372 bits per heavy atom. The zero-order valence-electron chi connectivity index (χ0n) is 18.1. The number of ether oxygens (including phenoxy) is 1. The van der Waals surface area contributed by atoms with Gasteiger partial charge in [-0.2, -0.15) is 87.8 Å². The molecule has 0 aromatic rings. The van der Waals surface area contributed by atoms with Crippen LogP contribution in [0.3, 0.4) is 0 Å². The molecule has 4 saturated carbocycles. The molecular weight excluding hydrogens is 706 g/mol. The second-order valence-corrected chi connectivity index (χ2v) is 9.04. The van der Waals surface area contributed by atoms with Gasteiger partial charge in [0, 0.05) is 0 Å². The van der Waals surface area contributed by atoms with E-state index >= 15 is 13.2 Å². The largest absolute Gasteiger partial charge is 0.460 e. The fourth-order valence-corrected chi connectivity index (χ4v) is 4.85. The summed E-state index contributed by atoms with van der Waals surface area (Å²) in [6.45, 7) is 0. The number of hydrogen-bond acceptors (Lipinski definition) is 2. The molecule has 0 heterocycles. The number of halogens is 26. The molecule has 0 amide bonds. The summed E-state index contributed by atoms with van der Waals surface area (Å²) in [7, 11) is 0. The maximum atomic E-state index is 15.4. The van der Waals surface area contributed by atoms with Gasteiger partial charge in [0.2, 0.25) is 0 Å². The Bertz CT molecular complexity index is 1110. The molecule has 0 N–H and O–H groups in total. The molecule has 0 aliphatic heterocycles. The van der Waals surface area contributed by atoms with E-state index in [1.807, 2.05) is 0 Å². The first-order valence-electron chi connectivity index (χ1n) is 9.49. The van der Waals surface area contributed by atoms with E-state index in [4.69, 9.17) is 0 Å². The van der Waals surface area contributed by atoms with E-state index in [1.165, 1.54) is 4.74 Å². The molecule has 43 heavy (non-hydrogen) atoms. The summed E-state index contributed by atoms with van der Waals surface area (Å²) in [5, 5.41) is 0. The summed E-state index contributed by atoms with van der Waals surface area (Å²) in [6.07, 6.45) is -17.2. The standard InChI is InChI=1S/C15F26O2/c16-1-5(20,21)2(17)8(26,27)3(18,6(1,22)23)12(34,4(19,7(1,24)25)9(2,28)29)42-15(39,40)13(35,43-41)10(30,31)11(32,33)14(36,37)38. The van der Waals surface area contributed by atoms with Crippen LogP contribution in [-0.4, -0.2) is 88.1 Å². The lowest BCUT2D eigenvalue weighted by atomic mass is 9.40. The molecular formula is C15F26O2. The molecule has 4 fully saturated rings. The Morgan fingerprint density at radius 3 is 0.860 bits per heavy atom. The first-order valence-corrected chi connectivity index (χ1v) is 9.49. The van der Waals surface area contributed by atoms with Crippen LogP contribution in [0.25, 0.3) is 0 Å². The lowest BCUT2D eigenvalue weighted by Gasteiger charge is -2.74. The van der Waals surface area contributed by atoms with Crippen LogP contribution >= 0.6 is 0 Å². The molecule has 0 aromatic carbocycles. The zero-order valence-corrected chi connectivity index (χ0v) is 18.1. The molecule has 254 valence electrons. The van der Waals surface area contributed by atoms with Crippen LogP contribution in [0, 0.1) is 0 Å². The molecule has 1 unspecified atom stereocenters. The summed E-state index contributed by atoms with van der Waals surface area (Å²) in [4.78, 5) is 0.733. The fourth-order valence-electron chi connectivity index (χ4n) is 4.85. The first kappa shape index (κ1) is 35.6. The van der Waals surface area contributed by atoms with Gasteiger partial charge in [-0.05, 0) is 4.53 Å². The normalized spacial score (nSPS) is 42.6. The smallest absolute Gasteiger partial charge is 0.271 e. The van der Waals surface area contributed by atoms with Gasteiger partial charge in [0.1, 0.15) is 0 Å². The van der Waals surface area contributed by atoms with Crippen LogP contribution in [0.15, 0.2) is 0 Å². The van der Waals surface area contributed by atoms with Gasteiger partial charge in [-0.1, -0.05) is 0 Å². The molecule has 0 spiro atoms. The minimum Gasteiger partial charge on any atom is -0.271 e. The van der Waals surface area contributed by atoms with Crippen molar-refractivity contribution >= 4 is 0 Å². The number of rotatable bonds is 6. The van der Waals surface area contributed by atoms with Crippen molar-refractivity contribution in [3.63, 3.8) is 0 Å². The van der Waals surface area contributed by atoms with Crippen molar-refractivity contribution < 1.29 is 124 Å².